The molecule has 0 saturated carbocycles. The maximum Gasteiger partial charge on any atom is 0.187 e. The number of nitriles is 1. The van der Waals surface area contributed by atoms with Crippen molar-refractivity contribution in [1.29, 1.82) is 5.26 Å². The first-order valence-electron chi connectivity index (χ1n) is 14.9. The third kappa shape index (κ3) is 5.51. The summed E-state index contributed by atoms with van der Waals surface area (Å²) >= 11 is 0. The monoisotopic (exact) mass is 589 g/mol. The van der Waals surface area contributed by atoms with E-state index in [4.69, 9.17) is 16.0 Å². The lowest BCUT2D eigenvalue weighted by molar-refractivity contribution is -0.0166. The summed E-state index contributed by atoms with van der Waals surface area (Å²) in [4.78, 5) is 5.87. The van der Waals surface area contributed by atoms with Crippen LogP contribution in [0.4, 0.5) is 14.5 Å². The van der Waals surface area contributed by atoms with E-state index in [1.54, 1.807) is 24.3 Å². The van der Waals surface area contributed by atoms with Crippen molar-refractivity contribution in [2.75, 3.05) is 20.1 Å². The molecule has 222 valence electrons. The summed E-state index contributed by atoms with van der Waals surface area (Å²) < 4.78 is 40.6. The summed E-state index contributed by atoms with van der Waals surface area (Å²) in [6, 6.07) is 26.6. The molecule has 0 saturated heterocycles. The van der Waals surface area contributed by atoms with Gasteiger partial charge in [-0.2, -0.15) is 5.26 Å². The van der Waals surface area contributed by atoms with Crippen molar-refractivity contribution < 1.29 is 18.3 Å². The van der Waals surface area contributed by atoms with Gasteiger partial charge in [0.2, 0.25) is 0 Å². The molecule has 2 aliphatic rings. The Labute approximate surface area is 257 Å². The highest BCUT2D eigenvalue weighted by molar-refractivity contribution is 5.54. The molecule has 2 aliphatic heterocycles. The molecule has 2 atom stereocenters. The summed E-state index contributed by atoms with van der Waals surface area (Å²) in [7, 11) is 2.10. The highest BCUT2D eigenvalue weighted by atomic mass is 19.1. The van der Waals surface area contributed by atoms with Crippen LogP contribution in [0.2, 0.25) is 0 Å². The van der Waals surface area contributed by atoms with Gasteiger partial charge in [-0.25, -0.2) is 13.6 Å². The van der Waals surface area contributed by atoms with Crippen molar-refractivity contribution in [2.45, 2.75) is 50.1 Å². The third-order valence-electron chi connectivity index (χ3n) is 9.03. The van der Waals surface area contributed by atoms with E-state index >= 15 is 0 Å². The zero-order valence-corrected chi connectivity index (χ0v) is 24.7. The van der Waals surface area contributed by atoms with Gasteiger partial charge in [0.05, 0.1) is 31.4 Å². The molecule has 0 fully saturated rings. The molecule has 4 aromatic rings. The average molecular weight is 590 g/mol. The van der Waals surface area contributed by atoms with Gasteiger partial charge in [0.1, 0.15) is 22.8 Å². The quantitative estimate of drug-likeness (QED) is 0.175. The van der Waals surface area contributed by atoms with Crippen LogP contribution in [-0.2, 0) is 33.9 Å². The fraction of sp³-hybridized carbons (Fsp3) is 0.297. The first-order chi connectivity index (χ1) is 21.4. The van der Waals surface area contributed by atoms with Crippen molar-refractivity contribution in [3.05, 3.63) is 147 Å². The number of rotatable bonds is 10. The lowest BCUT2D eigenvalue weighted by atomic mass is 9.81. The molecule has 0 amide bonds. The largest absolute Gasteiger partial charge is 0.361 e. The van der Waals surface area contributed by atoms with Crippen molar-refractivity contribution in [3.8, 4) is 6.07 Å². The van der Waals surface area contributed by atoms with E-state index in [-0.39, 0.29) is 11.6 Å². The molecule has 0 aromatic heterocycles. The van der Waals surface area contributed by atoms with Crippen LogP contribution in [0.15, 0.2) is 84.9 Å². The molecule has 0 bridgehead atoms. The van der Waals surface area contributed by atoms with Crippen LogP contribution >= 0.6 is 0 Å². The minimum absolute atomic E-state index is 0.289. The molecule has 2 heterocycles. The van der Waals surface area contributed by atoms with Gasteiger partial charge in [0, 0.05) is 0 Å². The van der Waals surface area contributed by atoms with Crippen molar-refractivity contribution in [2.24, 2.45) is 0 Å². The first kappa shape index (κ1) is 29.7. The van der Waals surface area contributed by atoms with Crippen LogP contribution in [0, 0.1) is 29.5 Å². The molecular formula is C37H33F2N3O2. The fourth-order valence-electron chi connectivity index (χ4n) is 6.82. The standard InChI is InChI=1S/C37H33F2N3O2/c1-41-33-14-16-35-28(22-33)25-44-37(35,30-8-12-32(39)13-9-30)18-4-20-42(2)19-3-17-36(29-6-10-31(38)11-7-29)34-15-5-26(23-40)21-27(34)24-43-36/h5-16,21-22H,3-4,17-20,24-25H2,2H3. The summed E-state index contributed by atoms with van der Waals surface area (Å²) in [6.07, 6.45) is 3.11. The van der Waals surface area contributed by atoms with Crippen LogP contribution in [0.3, 0.4) is 0 Å². The highest BCUT2D eigenvalue weighted by Gasteiger charge is 2.43. The SMILES string of the molecule is [C-]#[N+]c1ccc2c(c1)COC2(CCCN(C)CCCC1(c2ccc(F)cc2)OCc2cc(C#N)ccc21)c1ccc(F)cc1. The second kappa shape index (κ2) is 12.3. The van der Waals surface area contributed by atoms with Gasteiger partial charge < -0.3 is 14.4 Å². The Balaban J connectivity index is 1.14. The maximum absolute atomic E-state index is 13.8. The number of hydrogen-bond acceptors (Lipinski definition) is 4. The van der Waals surface area contributed by atoms with Gasteiger partial charge in [-0.1, -0.05) is 48.5 Å². The number of fused-ring (bicyclic) bond motifs is 2. The predicted molar refractivity (Wildman–Crippen MR) is 164 cm³/mol. The molecule has 2 unspecified atom stereocenters. The number of ether oxygens (including phenoxy) is 2. The molecule has 7 heteroatoms. The Morgan fingerprint density at radius 2 is 1.27 bits per heavy atom. The Hall–Kier alpha value is -4.40. The summed E-state index contributed by atoms with van der Waals surface area (Å²) in [5, 5.41) is 9.38. The summed E-state index contributed by atoms with van der Waals surface area (Å²) in [6.45, 7) is 9.86. The Kier molecular flexibility index (Phi) is 8.29. The molecule has 44 heavy (non-hydrogen) atoms. The van der Waals surface area contributed by atoms with Crippen molar-refractivity contribution in [3.63, 3.8) is 0 Å². The van der Waals surface area contributed by atoms with Gasteiger partial charge in [0.25, 0.3) is 0 Å². The number of hydrogen-bond donors (Lipinski definition) is 0. The maximum atomic E-state index is 13.8. The van der Waals surface area contributed by atoms with E-state index in [0.29, 0.717) is 37.3 Å². The lowest BCUT2D eigenvalue weighted by Gasteiger charge is -2.32. The van der Waals surface area contributed by atoms with E-state index < -0.39 is 11.2 Å². The molecule has 4 aromatic carbocycles. The van der Waals surface area contributed by atoms with Crippen molar-refractivity contribution in [1.82, 2.24) is 4.90 Å². The fourth-order valence-corrected chi connectivity index (χ4v) is 6.82. The Bertz CT molecular complexity index is 1610. The van der Waals surface area contributed by atoms with Gasteiger partial charge >= 0.3 is 0 Å². The van der Waals surface area contributed by atoms with E-state index in [1.807, 2.05) is 36.4 Å². The topological polar surface area (TPSA) is 49.8 Å². The minimum atomic E-state index is -0.698. The molecule has 0 spiro atoms. The minimum Gasteiger partial charge on any atom is -0.361 e. The van der Waals surface area contributed by atoms with Gasteiger partial charge in [-0.3, -0.25) is 0 Å². The molecule has 6 rings (SSSR count). The normalized spacial score (nSPS) is 20.2. The van der Waals surface area contributed by atoms with E-state index in [9.17, 15) is 14.0 Å². The van der Waals surface area contributed by atoms with E-state index in [1.165, 1.54) is 24.3 Å². The lowest BCUT2D eigenvalue weighted by Crippen LogP contribution is -2.31. The van der Waals surface area contributed by atoms with Crippen LogP contribution in [0.1, 0.15) is 64.6 Å². The summed E-state index contributed by atoms with van der Waals surface area (Å²) in [5.74, 6) is -0.580. The zero-order chi connectivity index (χ0) is 30.7. The van der Waals surface area contributed by atoms with E-state index in [2.05, 4.69) is 22.9 Å². The predicted octanol–water partition coefficient (Wildman–Crippen LogP) is 8.13. The number of benzene rings is 4. The first-order valence-corrected chi connectivity index (χ1v) is 14.9. The van der Waals surface area contributed by atoms with Gasteiger partial charge in [-0.15, -0.1) is 0 Å². The molecule has 0 aliphatic carbocycles. The third-order valence-corrected chi connectivity index (χ3v) is 9.03. The van der Waals surface area contributed by atoms with Gasteiger partial charge in [-0.05, 0) is 116 Å². The van der Waals surface area contributed by atoms with Crippen LogP contribution in [-0.4, -0.2) is 25.0 Å². The molecular weight excluding hydrogens is 556 g/mol. The number of nitrogens with zero attached hydrogens (tertiary/aromatic N) is 3. The molecule has 5 nitrogen and oxygen atoms in total. The average Bonchev–Trinajstić information content (AvgIpc) is 3.60. The Morgan fingerprint density at radius 1 is 0.773 bits per heavy atom. The Morgan fingerprint density at radius 3 is 1.77 bits per heavy atom. The van der Waals surface area contributed by atoms with Gasteiger partial charge in [0.15, 0.2) is 5.69 Å². The van der Waals surface area contributed by atoms with Crippen LogP contribution < -0.4 is 0 Å². The second-order valence-electron chi connectivity index (χ2n) is 11.7. The number of halogens is 2. The van der Waals surface area contributed by atoms with Crippen LogP contribution in [0.25, 0.3) is 4.85 Å². The van der Waals surface area contributed by atoms with Crippen LogP contribution in [0.5, 0.6) is 0 Å². The van der Waals surface area contributed by atoms with E-state index in [0.717, 1.165) is 59.3 Å². The molecule has 0 radical (unpaired) electrons. The van der Waals surface area contributed by atoms with Crippen molar-refractivity contribution >= 4 is 5.69 Å². The highest BCUT2D eigenvalue weighted by Crippen LogP contribution is 2.47. The molecule has 0 N–H and O–H groups in total. The zero-order valence-electron chi connectivity index (χ0n) is 24.7. The second-order valence-corrected chi connectivity index (χ2v) is 11.7. The smallest absolute Gasteiger partial charge is 0.187 e. The summed E-state index contributed by atoms with van der Waals surface area (Å²) in [5.41, 5.74) is 5.67.